The van der Waals surface area contributed by atoms with Crippen molar-refractivity contribution in [2.24, 2.45) is 10.9 Å². The van der Waals surface area contributed by atoms with Crippen LogP contribution in [0.15, 0.2) is 59.6 Å². The van der Waals surface area contributed by atoms with Gasteiger partial charge in [-0.15, -0.1) is 0 Å². The molecule has 4 atom stereocenters. The third-order valence-electron chi connectivity index (χ3n) is 5.63. The molecular weight excluding hydrogens is 391 g/mol. The Morgan fingerprint density at radius 1 is 1.28 bits per heavy atom. The van der Waals surface area contributed by atoms with Crippen molar-refractivity contribution in [3.63, 3.8) is 0 Å². The van der Waals surface area contributed by atoms with Gasteiger partial charge >= 0.3 is 0 Å². The Bertz CT molecular complexity index is 923. The van der Waals surface area contributed by atoms with Crippen LogP contribution in [0.1, 0.15) is 29.3 Å². The highest BCUT2D eigenvalue weighted by Crippen LogP contribution is 2.49. The van der Waals surface area contributed by atoms with Gasteiger partial charge in [0.1, 0.15) is 11.4 Å². The fourth-order valence-corrected chi connectivity index (χ4v) is 5.37. The number of ether oxygens (including phenoxy) is 1. The van der Waals surface area contributed by atoms with Crippen LogP contribution in [-0.2, 0) is 10.3 Å². The molecule has 29 heavy (non-hydrogen) atoms. The first-order chi connectivity index (χ1) is 14.0. The molecule has 0 aromatic heterocycles. The number of aliphatic hydroxyl groups is 1. The second-order valence-electron chi connectivity index (χ2n) is 7.42. The lowest BCUT2D eigenvalue weighted by molar-refractivity contribution is -0.0818. The molecule has 2 heterocycles. The van der Waals surface area contributed by atoms with Crippen molar-refractivity contribution < 1.29 is 19.0 Å². The number of benzene rings is 2. The lowest BCUT2D eigenvalue weighted by Gasteiger charge is -2.49. The van der Waals surface area contributed by atoms with Gasteiger partial charge in [0.25, 0.3) is 5.91 Å². The van der Waals surface area contributed by atoms with Gasteiger partial charge in [-0.3, -0.25) is 4.79 Å². The average molecular weight is 415 g/mol. The summed E-state index contributed by atoms with van der Waals surface area (Å²) < 4.78 is 20.7. The highest BCUT2D eigenvalue weighted by molar-refractivity contribution is 8.14. The van der Waals surface area contributed by atoms with Crippen LogP contribution in [0.25, 0.3) is 0 Å². The molecule has 2 aromatic rings. The molecule has 1 amide bonds. The molecule has 0 saturated carbocycles. The summed E-state index contributed by atoms with van der Waals surface area (Å²) in [5.74, 6) is -0.635. The highest BCUT2D eigenvalue weighted by Gasteiger charge is 2.52. The number of thioether (sulfide) groups is 1. The molecule has 2 aliphatic heterocycles. The fraction of sp³-hybridized carbons (Fsp3) is 0.364. The number of aliphatic hydroxyl groups excluding tert-OH is 1. The van der Waals surface area contributed by atoms with Crippen LogP contribution in [0.4, 0.5) is 4.39 Å². The Hall–Kier alpha value is -2.22. The number of amidine groups is 1. The number of nitrogens with zero attached hydrogens (tertiary/aromatic N) is 1. The predicted octanol–water partition coefficient (Wildman–Crippen LogP) is 3.34. The smallest absolute Gasteiger partial charge is 0.257 e. The molecule has 1 saturated heterocycles. The molecule has 2 aliphatic rings. The summed E-state index contributed by atoms with van der Waals surface area (Å²) in [6.45, 7) is 2.12. The van der Waals surface area contributed by atoms with E-state index in [-0.39, 0.29) is 42.2 Å². The van der Waals surface area contributed by atoms with Crippen molar-refractivity contribution in [1.82, 2.24) is 5.32 Å². The maximum Gasteiger partial charge on any atom is 0.257 e. The lowest BCUT2D eigenvalue weighted by Crippen LogP contribution is -2.54. The largest absolute Gasteiger partial charge is 0.394 e. The van der Waals surface area contributed by atoms with E-state index in [2.05, 4.69) is 5.32 Å². The molecule has 5 nitrogen and oxygen atoms in total. The van der Waals surface area contributed by atoms with Crippen LogP contribution < -0.4 is 5.32 Å². The van der Waals surface area contributed by atoms with Gasteiger partial charge in [0.2, 0.25) is 0 Å². The van der Waals surface area contributed by atoms with E-state index in [1.165, 1.54) is 17.8 Å². The zero-order valence-corrected chi connectivity index (χ0v) is 16.9. The van der Waals surface area contributed by atoms with Crippen LogP contribution in [-0.4, -0.2) is 40.7 Å². The SMILES string of the molecule is CC1SC(NC(=O)c2ccccc2)=NC2(c3ccccc3F)COC(CO)CC12. The van der Waals surface area contributed by atoms with Crippen molar-refractivity contribution >= 4 is 22.8 Å². The van der Waals surface area contributed by atoms with E-state index in [1.54, 1.807) is 42.5 Å². The number of aliphatic imine (C=N–C) groups is 1. The van der Waals surface area contributed by atoms with E-state index in [0.717, 1.165) is 0 Å². The molecule has 4 rings (SSSR count). The van der Waals surface area contributed by atoms with E-state index in [1.807, 2.05) is 13.0 Å². The normalized spacial score (nSPS) is 28.9. The summed E-state index contributed by atoms with van der Waals surface area (Å²) in [6, 6.07) is 15.5. The summed E-state index contributed by atoms with van der Waals surface area (Å²) in [7, 11) is 0. The third-order valence-corrected chi connectivity index (χ3v) is 6.75. The average Bonchev–Trinajstić information content (AvgIpc) is 2.74. The van der Waals surface area contributed by atoms with Gasteiger partial charge in [-0.25, -0.2) is 9.38 Å². The molecule has 2 aromatic carbocycles. The van der Waals surface area contributed by atoms with Crippen molar-refractivity contribution in [3.05, 3.63) is 71.5 Å². The summed E-state index contributed by atoms with van der Waals surface area (Å²) >= 11 is 1.47. The van der Waals surface area contributed by atoms with E-state index < -0.39 is 5.54 Å². The number of hydrogen-bond donors (Lipinski definition) is 2. The van der Waals surface area contributed by atoms with E-state index in [4.69, 9.17) is 9.73 Å². The Kier molecular flexibility index (Phi) is 5.72. The molecule has 2 N–H and O–H groups in total. The van der Waals surface area contributed by atoms with Crippen molar-refractivity contribution in [2.75, 3.05) is 13.2 Å². The minimum Gasteiger partial charge on any atom is -0.394 e. The monoisotopic (exact) mass is 414 g/mol. The van der Waals surface area contributed by atoms with Crippen LogP contribution >= 0.6 is 11.8 Å². The number of carbonyl (C=O) groups excluding carboxylic acids is 1. The zero-order valence-electron chi connectivity index (χ0n) is 16.0. The summed E-state index contributed by atoms with van der Waals surface area (Å²) in [4.78, 5) is 17.5. The Balaban J connectivity index is 1.73. The summed E-state index contributed by atoms with van der Waals surface area (Å²) in [5, 5.41) is 13.0. The number of carbonyl (C=O) groups is 1. The second-order valence-corrected chi connectivity index (χ2v) is 8.79. The van der Waals surface area contributed by atoms with E-state index in [0.29, 0.717) is 22.7 Å². The molecule has 152 valence electrons. The second kappa shape index (κ2) is 8.26. The molecule has 0 bridgehead atoms. The highest BCUT2D eigenvalue weighted by atomic mass is 32.2. The van der Waals surface area contributed by atoms with Gasteiger partial charge in [-0.2, -0.15) is 0 Å². The number of nitrogens with one attached hydrogen (secondary N) is 1. The molecule has 0 spiro atoms. The zero-order chi connectivity index (χ0) is 20.4. The first-order valence-electron chi connectivity index (χ1n) is 9.64. The van der Waals surface area contributed by atoms with Crippen LogP contribution in [0, 0.1) is 11.7 Å². The quantitative estimate of drug-likeness (QED) is 0.808. The number of hydrogen-bond acceptors (Lipinski definition) is 5. The van der Waals surface area contributed by atoms with Crippen LogP contribution in [0.2, 0.25) is 0 Å². The van der Waals surface area contributed by atoms with Gasteiger partial charge in [0.05, 0.1) is 19.3 Å². The lowest BCUT2D eigenvalue weighted by atomic mass is 9.72. The number of amides is 1. The van der Waals surface area contributed by atoms with Crippen molar-refractivity contribution in [3.8, 4) is 0 Å². The molecule has 1 fully saturated rings. The van der Waals surface area contributed by atoms with Gasteiger partial charge in [-0.1, -0.05) is 55.1 Å². The molecule has 0 radical (unpaired) electrons. The first-order valence-corrected chi connectivity index (χ1v) is 10.5. The van der Waals surface area contributed by atoms with E-state index >= 15 is 0 Å². The first kappa shape index (κ1) is 20.1. The predicted molar refractivity (Wildman–Crippen MR) is 111 cm³/mol. The minimum absolute atomic E-state index is 0.0346. The minimum atomic E-state index is -0.943. The molecular formula is C22H23FN2O3S. The van der Waals surface area contributed by atoms with Gasteiger partial charge in [-0.05, 0) is 24.6 Å². The van der Waals surface area contributed by atoms with Gasteiger partial charge in [0.15, 0.2) is 5.17 Å². The summed E-state index contributed by atoms with van der Waals surface area (Å²) in [5.41, 5.74) is 0.0480. The number of rotatable bonds is 3. The van der Waals surface area contributed by atoms with E-state index in [9.17, 15) is 14.3 Å². The standard InChI is InChI=1S/C22H23FN2O3S/c1-14-18-11-16(12-26)28-13-22(18,17-9-5-6-10-19(17)23)25-21(29-14)24-20(27)15-7-3-2-4-8-15/h2-10,14,16,18,26H,11-13H2,1H3,(H,24,25,27). The number of halogens is 1. The Labute approximate surface area is 173 Å². The van der Waals surface area contributed by atoms with Crippen LogP contribution in [0.5, 0.6) is 0 Å². The Morgan fingerprint density at radius 3 is 2.72 bits per heavy atom. The Morgan fingerprint density at radius 2 is 2.00 bits per heavy atom. The molecule has 4 unspecified atom stereocenters. The van der Waals surface area contributed by atoms with Gasteiger partial charge < -0.3 is 15.2 Å². The summed E-state index contributed by atoms with van der Waals surface area (Å²) in [6.07, 6.45) is 0.279. The van der Waals surface area contributed by atoms with Crippen LogP contribution in [0.3, 0.4) is 0 Å². The van der Waals surface area contributed by atoms with Gasteiger partial charge in [0, 0.05) is 22.3 Å². The third kappa shape index (κ3) is 3.82. The number of fused-ring (bicyclic) bond motifs is 1. The maximum atomic E-state index is 14.8. The van der Waals surface area contributed by atoms with Crippen molar-refractivity contribution in [1.29, 1.82) is 0 Å². The topological polar surface area (TPSA) is 70.9 Å². The fourth-order valence-electron chi connectivity index (χ4n) is 4.15. The molecule has 7 heteroatoms. The van der Waals surface area contributed by atoms with Crippen molar-refractivity contribution in [2.45, 2.75) is 30.2 Å². The maximum absolute atomic E-state index is 14.8. The molecule has 0 aliphatic carbocycles.